The maximum atomic E-state index is 12.3. The van der Waals surface area contributed by atoms with Crippen molar-refractivity contribution in [3.05, 3.63) is 11.6 Å². The summed E-state index contributed by atoms with van der Waals surface area (Å²) in [6.07, 6.45) is 3.52. The Morgan fingerprint density at radius 1 is 1.29 bits per heavy atom. The zero-order valence-corrected chi connectivity index (χ0v) is 12.2. The van der Waals surface area contributed by atoms with Crippen molar-refractivity contribution in [2.24, 2.45) is 5.92 Å². The Bertz CT molecular complexity index is 530. The van der Waals surface area contributed by atoms with Crippen LogP contribution in [0, 0.1) is 5.92 Å². The third kappa shape index (κ3) is 3.06. The van der Waals surface area contributed by atoms with Crippen molar-refractivity contribution in [2.45, 2.75) is 38.5 Å². The number of carbonyl (C=O) groups is 2. The number of aromatic nitrogens is 3. The first kappa shape index (κ1) is 14.0. The van der Waals surface area contributed by atoms with Gasteiger partial charge in [0.2, 0.25) is 5.82 Å². The normalized spacial score (nSPS) is 19.6. The molecule has 7 nitrogen and oxygen atoms in total. The molecular formula is C14H20N4O3. The summed E-state index contributed by atoms with van der Waals surface area (Å²) in [5.74, 6) is 1.11. The van der Waals surface area contributed by atoms with E-state index < -0.39 is 0 Å². The number of likely N-dealkylation sites (tertiary alicyclic amines) is 1. The molecule has 0 aromatic carbocycles. The SMILES string of the molecule is CCOC(=O)C1CCN(C(=O)c2n[nH]c(C3CC3)n2)CC1. The summed E-state index contributed by atoms with van der Waals surface area (Å²) in [5.41, 5.74) is 0. The van der Waals surface area contributed by atoms with Crippen LogP contribution >= 0.6 is 0 Å². The van der Waals surface area contributed by atoms with Crippen molar-refractivity contribution < 1.29 is 14.3 Å². The van der Waals surface area contributed by atoms with E-state index in [0.717, 1.165) is 18.7 Å². The Kier molecular flexibility index (Phi) is 3.90. The van der Waals surface area contributed by atoms with Crippen LogP contribution < -0.4 is 0 Å². The van der Waals surface area contributed by atoms with E-state index in [1.807, 2.05) is 0 Å². The number of aromatic amines is 1. The van der Waals surface area contributed by atoms with Crippen LogP contribution in [0.25, 0.3) is 0 Å². The molecule has 1 saturated heterocycles. The molecule has 0 atom stereocenters. The van der Waals surface area contributed by atoms with Crippen LogP contribution in [0.15, 0.2) is 0 Å². The Labute approximate surface area is 123 Å². The molecule has 114 valence electrons. The first-order valence-electron chi connectivity index (χ1n) is 7.57. The maximum Gasteiger partial charge on any atom is 0.309 e. The third-order valence-electron chi connectivity index (χ3n) is 4.06. The van der Waals surface area contributed by atoms with E-state index in [1.165, 1.54) is 0 Å². The van der Waals surface area contributed by atoms with Crippen molar-refractivity contribution >= 4 is 11.9 Å². The molecule has 1 N–H and O–H groups in total. The van der Waals surface area contributed by atoms with Gasteiger partial charge in [0.05, 0.1) is 12.5 Å². The van der Waals surface area contributed by atoms with E-state index in [1.54, 1.807) is 11.8 Å². The van der Waals surface area contributed by atoms with Crippen molar-refractivity contribution in [1.82, 2.24) is 20.1 Å². The summed E-state index contributed by atoms with van der Waals surface area (Å²) in [4.78, 5) is 30.0. The summed E-state index contributed by atoms with van der Waals surface area (Å²) >= 11 is 0. The lowest BCUT2D eigenvalue weighted by atomic mass is 9.97. The third-order valence-corrected chi connectivity index (χ3v) is 4.06. The molecule has 1 aliphatic heterocycles. The van der Waals surface area contributed by atoms with E-state index in [-0.39, 0.29) is 23.6 Å². The molecule has 1 amide bonds. The van der Waals surface area contributed by atoms with Gasteiger partial charge in [0, 0.05) is 19.0 Å². The van der Waals surface area contributed by atoms with Gasteiger partial charge in [-0.05, 0) is 32.6 Å². The fourth-order valence-corrected chi connectivity index (χ4v) is 2.63. The number of hydrogen-bond donors (Lipinski definition) is 1. The highest BCUT2D eigenvalue weighted by Crippen LogP contribution is 2.37. The summed E-state index contributed by atoms with van der Waals surface area (Å²) in [7, 11) is 0. The Morgan fingerprint density at radius 2 is 2.00 bits per heavy atom. The number of ether oxygens (including phenoxy) is 1. The van der Waals surface area contributed by atoms with Crippen LogP contribution in [0.2, 0.25) is 0 Å². The van der Waals surface area contributed by atoms with Gasteiger partial charge in [0.25, 0.3) is 5.91 Å². The molecule has 0 radical (unpaired) electrons. The topological polar surface area (TPSA) is 88.2 Å². The number of carbonyl (C=O) groups excluding carboxylic acids is 2. The van der Waals surface area contributed by atoms with Gasteiger partial charge >= 0.3 is 5.97 Å². The minimum Gasteiger partial charge on any atom is -0.466 e. The second kappa shape index (κ2) is 5.83. The van der Waals surface area contributed by atoms with Crippen LogP contribution in [-0.2, 0) is 9.53 Å². The number of rotatable bonds is 4. The summed E-state index contributed by atoms with van der Waals surface area (Å²) in [6, 6.07) is 0. The van der Waals surface area contributed by atoms with Crippen LogP contribution in [0.3, 0.4) is 0 Å². The number of amides is 1. The van der Waals surface area contributed by atoms with Gasteiger partial charge in [-0.15, -0.1) is 5.10 Å². The molecule has 0 spiro atoms. The predicted octanol–water partition coefficient (Wildman–Crippen LogP) is 1.10. The standard InChI is InChI=1S/C14H20N4O3/c1-2-21-14(20)10-5-7-18(8-6-10)13(19)12-15-11(16-17-12)9-3-4-9/h9-10H,2-8H2,1H3,(H,15,16,17). The monoisotopic (exact) mass is 292 g/mol. The van der Waals surface area contributed by atoms with E-state index in [0.29, 0.717) is 38.5 Å². The van der Waals surface area contributed by atoms with Crippen molar-refractivity contribution in [3.8, 4) is 0 Å². The highest BCUT2D eigenvalue weighted by atomic mass is 16.5. The van der Waals surface area contributed by atoms with Crippen molar-refractivity contribution in [1.29, 1.82) is 0 Å². The lowest BCUT2D eigenvalue weighted by Gasteiger charge is -2.30. The van der Waals surface area contributed by atoms with Gasteiger partial charge in [-0.25, -0.2) is 4.98 Å². The molecule has 2 heterocycles. The first-order chi connectivity index (χ1) is 10.2. The lowest BCUT2D eigenvalue weighted by Crippen LogP contribution is -2.41. The second-order valence-corrected chi connectivity index (χ2v) is 5.64. The quantitative estimate of drug-likeness (QED) is 0.839. The molecule has 7 heteroatoms. The zero-order chi connectivity index (χ0) is 14.8. The lowest BCUT2D eigenvalue weighted by molar-refractivity contribution is -0.149. The molecule has 0 unspecified atom stereocenters. The minimum atomic E-state index is -0.154. The van der Waals surface area contributed by atoms with Crippen molar-refractivity contribution in [3.63, 3.8) is 0 Å². The summed E-state index contributed by atoms with van der Waals surface area (Å²) < 4.78 is 5.03. The number of esters is 1. The van der Waals surface area contributed by atoms with E-state index in [2.05, 4.69) is 15.2 Å². The number of hydrogen-bond acceptors (Lipinski definition) is 5. The first-order valence-corrected chi connectivity index (χ1v) is 7.57. The van der Waals surface area contributed by atoms with E-state index in [9.17, 15) is 9.59 Å². The zero-order valence-electron chi connectivity index (χ0n) is 12.2. The van der Waals surface area contributed by atoms with E-state index >= 15 is 0 Å². The summed E-state index contributed by atoms with van der Waals surface area (Å²) in [6.45, 7) is 3.31. The highest BCUT2D eigenvalue weighted by molar-refractivity contribution is 5.90. The number of nitrogens with one attached hydrogen (secondary N) is 1. The van der Waals surface area contributed by atoms with E-state index in [4.69, 9.17) is 4.74 Å². The Hall–Kier alpha value is -1.92. The van der Waals surface area contributed by atoms with Gasteiger partial charge < -0.3 is 9.64 Å². The molecule has 1 saturated carbocycles. The molecule has 1 aromatic rings. The van der Waals surface area contributed by atoms with Crippen LogP contribution in [0.4, 0.5) is 0 Å². The average molecular weight is 292 g/mol. The van der Waals surface area contributed by atoms with Crippen LogP contribution in [-0.4, -0.2) is 51.7 Å². The Morgan fingerprint density at radius 3 is 2.62 bits per heavy atom. The largest absolute Gasteiger partial charge is 0.466 e. The van der Waals surface area contributed by atoms with Gasteiger partial charge in [0.1, 0.15) is 5.82 Å². The minimum absolute atomic E-state index is 0.0943. The predicted molar refractivity (Wildman–Crippen MR) is 73.6 cm³/mol. The fourth-order valence-electron chi connectivity index (χ4n) is 2.63. The Balaban J connectivity index is 1.55. The number of piperidine rings is 1. The molecular weight excluding hydrogens is 272 g/mol. The fraction of sp³-hybridized carbons (Fsp3) is 0.714. The maximum absolute atomic E-state index is 12.3. The number of nitrogens with zero attached hydrogens (tertiary/aromatic N) is 3. The molecule has 1 aliphatic carbocycles. The average Bonchev–Trinajstić information content (AvgIpc) is 3.24. The van der Waals surface area contributed by atoms with Crippen LogP contribution in [0.1, 0.15) is 55.0 Å². The van der Waals surface area contributed by atoms with Gasteiger partial charge in [-0.3, -0.25) is 14.7 Å². The molecule has 21 heavy (non-hydrogen) atoms. The van der Waals surface area contributed by atoms with Gasteiger partial charge in [0.15, 0.2) is 0 Å². The summed E-state index contributed by atoms with van der Waals surface area (Å²) in [5, 5.41) is 6.87. The van der Waals surface area contributed by atoms with Crippen molar-refractivity contribution in [2.75, 3.05) is 19.7 Å². The second-order valence-electron chi connectivity index (χ2n) is 5.64. The molecule has 0 bridgehead atoms. The molecule has 2 aliphatic rings. The molecule has 2 fully saturated rings. The molecule has 1 aromatic heterocycles. The van der Waals surface area contributed by atoms with Crippen LogP contribution in [0.5, 0.6) is 0 Å². The number of H-pyrrole nitrogens is 1. The highest BCUT2D eigenvalue weighted by Gasteiger charge is 2.32. The smallest absolute Gasteiger partial charge is 0.309 e. The van der Waals surface area contributed by atoms with Gasteiger partial charge in [-0.2, -0.15) is 0 Å². The van der Waals surface area contributed by atoms with Gasteiger partial charge in [-0.1, -0.05) is 0 Å². The molecule has 3 rings (SSSR count).